The van der Waals surface area contributed by atoms with Gasteiger partial charge in [0.1, 0.15) is 17.2 Å². The number of carbonyl (C=O) groups excluding carboxylic acids is 1. The minimum atomic E-state index is -0.639. The van der Waals surface area contributed by atoms with Crippen LogP contribution in [0.2, 0.25) is 0 Å². The van der Waals surface area contributed by atoms with Gasteiger partial charge in [0.05, 0.1) is 26.9 Å². The summed E-state index contributed by atoms with van der Waals surface area (Å²) in [4.78, 5) is 12.8. The molecule has 1 aliphatic carbocycles. The van der Waals surface area contributed by atoms with Crippen LogP contribution in [0.3, 0.4) is 0 Å². The minimum absolute atomic E-state index is 0. The van der Waals surface area contributed by atoms with Crippen LogP contribution in [0.4, 0.5) is 0 Å². The second kappa shape index (κ2) is 31.7. The van der Waals surface area contributed by atoms with Crippen LogP contribution in [0.15, 0.2) is 158 Å². The number of rotatable bonds is 11. The molecule has 1 radical (unpaired) electrons. The van der Waals surface area contributed by atoms with Crippen LogP contribution in [0.25, 0.3) is 16.9 Å². The van der Waals surface area contributed by atoms with Gasteiger partial charge in [0.25, 0.3) is 5.91 Å². The van der Waals surface area contributed by atoms with Crippen molar-refractivity contribution < 1.29 is 56.8 Å². The molecular formula is C56H71N2O5Y-. The number of allylic oxidation sites excluding steroid dienone is 1. The molecule has 6 aromatic rings. The Morgan fingerprint density at radius 2 is 1.16 bits per heavy atom. The number of aliphatic hydroxyl groups is 1. The van der Waals surface area contributed by atoms with Crippen LogP contribution >= 0.6 is 0 Å². The quantitative estimate of drug-likeness (QED) is 0.126. The fraction of sp³-hybridized carbons (Fsp3) is 0.304. The Bertz CT molecular complexity index is 2140. The molecule has 0 heterocycles. The van der Waals surface area contributed by atoms with Gasteiger partial charge in [0.2, 0.25) is 0 Å². The minimum Gasteiger partial charge on any atom is -0.667 e. The number of carbonyl (C=O) groups is 1. The molecular weight excluding hydrogens is 870 g/mol. The summed E-state index contributed by atoms with van der Waals surface area (Å²) in [6.07, 6.45) is 1.75. The first-order valence-electron chi connectivity index (χ1n) is 22.0. The summed E-state index contributed by atoms with van der Waals surface area (Å²) in [5, 5.41) is 12.6. The molecule has 0 fully saturated rings. The van der Waals surface area contributed by atoms with E-state index in [1.807, 2.05) is 133 Å². The largest absolute Gasteiger partial charge is 0.667 e. The van der Waals surface area contributed by atoms with Crippen LogP contribution in [-0.2, 0) is 37.5 Å². The average molecular weight is 941 g/mol. The predicted molar refractivity (Wildman–Crippen MR) is 265 cm³/mol. The molecule has 1 amide bonds. The van der Waals surface area contributed by atoms with E-state index in [0.29, 0.717) is 17.2 Å². The third-order valence-corrected chi connectivity index (χ3v) is 9.33. The van der Waals surface area contributed by atoms with Gasteiger partial charge in [-0.2, -0.15) is 0 Å². The van der Waals surface area contributed by atoms with Gasteiger partial charge in [-0.1, -0.05) is 193 Å². The number of amides is 1. The van der Waals surface area contributed by atoms with E-state index in [1.54, 1.807) is 38.5 Å². The zero-order valence-electron chi connectivity index (χ0n) is 40.0. The number of nitrogens with one attached hydrogen (secondary N) is 2. The van der Waals surface area contributed by atoms with Gasteiger partial charge in [-0.25, -0.2) is 0 Å². The Labute approximate surface area is 410 Å². The zero-order valence-corrected chi connectivity index (χ0v) is 42.9. The summed E-state index contributed by atoms with van der Waals surface area (Å²) in [7, 11) is 3.17. The number of aliphatic hydroxyl groups excluding tert-OH is 1. The Hall–Kier alpha value is -5.05. The number of ether oxygens (including phenoxy) is 3. The predicted octanol–water partition coefficient (Wildman–Crippen LogP) is 14.1. The average Bonchev–Trinajstić information content (AvgIpc) is 3.65. The molecule has 0 saturated heterocycles. The number of hydrogen-bond donors (Lipinski definition) is 2. The van der Waals surface area contributed by atoms with Crippen molar-refractivity contribution >= 4 is 5.91 Å². The van der Waals surface area contributed by atoms with Crippen molar-refractivity contribution in [2.24, 2.45) is 5.92 Å². The molecule has 0 aliphatic heterocycles. The summed E-state index contributed by atoms with van der Waals surface area (Å²) >= 11 is 0. The number of methoxy groups -OCH3 is 2. The third-order valence-electron chi connectivity index (χ3n) is 9.33. The maximum atomic E-state index is 12.8. The summed E-state index contributed by atoms with van der Waals surface area (Å²) in [5.41, 5.74) is 18.4. The van der Waals surface area contributed by atoms with E-state index >= 15 is 0 Å². The first-order valence-corrected chi connectivity index (χ1v) is 22.0. The van der Waals surface area contributed by atoms with Crippen molar-refractivity contribution in [1.82, 2.24) is 5.32 Å². The summed E-state index contributed by atoms with van der Waals surface area (Å²) in [5.74, 6) is 2.60. The molecule has 8 heteroatoms. The number of hydrogen-bond acceptors (Lipinski definition) is 5. The van der Waals surface area contributed by atoms with Gasteiger partial charge in [-0.15, -0.1) is 6.58 Å². The summed E-state index contributed by atoms with van der Waals surface area (Å²) in [6, 6.07) is 46.4. The molecule has 64 heavy (non-hydrogen) atoms. The van der Waals surface area contributed by atoms with E-state index in [2.05, 4.69) is 69.1 Å². The zero-order chi connectivity index (χ0) is 46.7. The van der Waals surface area contributed by atoms with Crippen molar-refractivity contribution in [1.29, 1.82) is 0 Å². The molecule has 2 atom stereocenters. The Morgan fingerprint density at radius 1 is 0.703 bits per heavy atom. The monoisotopic (exact) mass is 940 g/mol. The molecule has 0 saturated carbocycles. The normalized spacial score (nSPS) is 11.3. The molecule has 0 spiro atoms. The standard InChI is InChI=1S/C31H31N2O4.C14H12O.C4H10.C3H6.2C2H6.Y/c1-21-9-11-24(12-10-21)31(23-7-5-4-6-8-23)33-29(34)20-37-25-15-13-22(14-16-25)30(32)27-18-17-26(35-2)19-28(27)36-3;15-9-14-12-7-3-1-5-10(12)11-6-2-4-8-13(11)14;1-4(2)3;1-3-2;2*1-2;/h4-19,30-32H,20H2,1-3H3,(H,33,34);1-8,14-15H,9H2;4H,1-3H3;3H,1H2,2H3;2*1-2H3;/q-1;;;;;;. The number of benzene rings is 6. The Kier molecular flexibility index (Phi) is 28.3. The smallest absolute Gasteiger partial charge is 0.258 e. The van der Waals surface area contributed by atoms with Crippen molar-refractivity contribution in [2.45, 2.75) is 80.3 Å². The second-order valence-electron chi connectivity index (χ2n) is 14.8. The third kappa shape index (κ3) is 17.5. The van der Waals surface area contributed by atoms with Crippen LogP contribution in [0, 0.1) is 12.8 Å². The van der Waals surface area contributed by atoms with Crippen molar-refractivity contribution in [3.05, 3.63) is 203 Å². The van der Waals surface area contributed by atoms with Gasteiger partial charge in [-0.05, 0) is 76.9 Å². The van der Waals surface area contributed by atoms with Crippen LogP contribution < -0.4 is 19.5 Å². The molecule has 0 aromatic heterocycles. The van der Waals surface area contributed by atoms with Crippen LogP contribution in [0.1, 0.15) is 112 Å². The fourth-order valence-electron chi connectivity index (χ4n) is 6.56. The first-order chi connectivity index (χ1) is 30.5. The van der Waals surface area contributed by atoms with E-state index in [-0.39, 0.29) is 63.8 Å². The van der Waals surface area contributed by atoms with Crippen LogP contribution in [-0.4, -0.2) is 38.4 Å². The summed E-state index contributed by atoms with van der Waals surface area (Å²) < 4.78 is 16.5. The van der Waals surface area contributed by atoms with E-state index in [9.17, 15) is 9.90 Å². The molecule has 339 valence electrons. The summed E-state index contributed by atoms with van der Waals surface area (Å²) in [6.45, 7) is 21.9. The van der Waals surface area contributed by atoms with Crippen molar-refractivity contribution in [3.8, 4) is 28.4 Å². The van der Waals surface area contributed by atoms with Gasteiger partial charge in [0.15, 0.2) is 6.61 Å². The first kappa shape index (κ1) is 57.0. The molecule has 2 unspecified atom stereocenters. The van der Waals surface area contributed by atoms with E-state index in [0.717, 1.165) is 33.7 Å². The number of fused-ring (bicyclic) bond motifs is 3. The molecule has 7 rings (SSSR count). The van der Waals surface area contributed by atoms with Crippen molar-refractivity contribution in [2.75, 3.05) is 27.4 Å². The maximum Gasteiger partial charge on any atom is 0.258 e. The molecule has 7 nitrogen and oxygen atoms in total. The van der Waals surface area contributed by atoms with Gasteiger partial charge >= 0.3 is 0 Å². The second-order valence-corrected chi connectivity index (χ2v) is 14.8. The molecule has 3 N–H and O–H groups in total. The van der Waals surface area contributed by atoms with Crippen LogP contribution in [0.5, 0.6) is 17.2 Å². The van der Waals surface area contributed by atoms with Gasteiger partial charge < -0.3 is 30.4 Å². The Balaban J connectivity index is 0.000000622. The molecule has 1 aliphatic rings. The molecule has 0 bridgehead atoms. The molecule has 6 aromatic carbocycles. The topological polar surface area (TPSA) is 101 Å². The SMILES string of the molecule is C=CC.CC.CC.CC(C)C.COc1ccc(C([NH-])c2ccc(OCC(=O)NC(c3ccccc3)c3ccc(C)cc3)cc2)c(OC)c1.OCC1c2ccccc2-c2ccccc21.[Y]. The van der Waals surface area contributed by atoms with Gasteiger partial charge in [0, 0.05) is 44.7 Å². The van der Waals surface area contributed by atoms with E-state index < -0.39 is 6.04 Å². The number of aryl methyl sites for hydroxylation is 1. The Morgan fingerprint density at radius 3 is 1.64 bits per heavy atom. The van der Waals surface area contributed by atoms with Gasteiger partial charge in [-0.3, -0.25) is 4.79 Å². The van der Waals surface area contributed by atoms with E-state index in [1.165, 1.54) is 22.3 Å². The van der Waals surface area contributed by atoms with E-state index in [4.69, 9.17) is 19.9 Å². The van der Waals surface area contributed by atoms with Crippen molar-refractivity contribution in [3.63, 3.8) is 0 Å². The fourth-order valence-corrected chi connectivity index (χ4v) is 6.56. The maximum absolute atomic E-state index is 12.8.